The van der Waals surface area contributed by atoms with Crippen LogP contribution in [0.5, 0.6) is 0 Å². The molecule has 0 aliphatic carbocycles. The van der Waals surface area contributed by atoms with Crippen LogP contribution in [0, 0.1) is 0 Å². The van der Waals surface area contributed by atoms with E-state index in [1.54, 1.807) is 0 Å². The summed E-state index contributed by atoms with van der Waals surface area (Å²) in [5.41, 5.74) is 0. The van der Waals surface area contributed by atoms with Crippen LogP contribution in [0.4, 0.5) is 0 Å². The Morgan fingerprint density at radius 2 is 0.565 bits per heavy atom. The molecule has 0 heterocycles. The summed E-state index contributed by atoms with van der Waals surface area (Å²) in [6, 6.07) is 0. The summed E-state index contributed by atoms with van der Waals surface area (Å²) in [6.45, 7) is 6.52. The standard InChI is InChI=1S/C63H112O6/c1-4-7-10-13-16-19-22-25-28-31-34-37-40-43-46-49-52-55-61(64)67-58-60(69-63(66)57-54-51-48-45-42-39-36-33-30-27-24-21-18-15-12-9-6-3)59-68-62(65)56-53-50-47-44-41-38-35-32-29-26-23-20-17-14-11-8-5-2/h7,10,16,19,25,28,34,37,43,46,60H,4-6,8-9,11-15,17-18,20-24,26-27,29-33,35-36,38-42,44-45,47-59H2,1-3H3/b10-7+,19-16+,28-25+,37-34+,46-43+/t60-/m0/s1. The molecular weight excluding hydrogens is 853 g/mol. The number of carbonyl (C=O) groups excluding carboxylic acids is 3. The second-order valence-electron chi connectivity index (χ2n) is 19.9. The molecule has 0 saturated heterocycles. The fraction of sp³-hybridized carbons (Fsp3) is 0.794. The van der Waals surface area contributed by atoms with Crippen molar-refractivity contribution in [3.05, 3.63) is 60.8 Å². The van der Waals surface area contributed by atoms with Gasteiger partial charge in [0.15, 0.2) is 6.10 Å². The van der Waals surface area contributed by atoms with Gasteiger partial charge in [-0.1, -0.05) is 287 Å². The van der Waals surface area contributed by atoms with Gasteiger partial charge in [0, 0.05) is 19.3 Å². The topological polar surface area (TPSA) is 78.9 Å². The first-order valence-corrected chi connectivity index (χ1v) is 29.8. The highest BCUT2D eigenvalue weighted by Gasteiger charge is 2.19. The number of hydrogen-bond donors (Lipinski definition) is 0. The largest absolute Gasteiger partial charge is 0.462 e. The molecule has 0 fully saturated rings. The maximum Gasteiger partial charge on any atom is 0.306 e. The summed E-state index contributed by atoms with van der Waals surface area (Å²) in [5.74, 6) is -0.931. The molecule has 6 nitrogen and oxygen atoms in total. The highest BCUT2D eigenvalue weighted by molar-refractivity contribution is 5.71. The van der Waals surface area contributed by atoms with Crippen molar-refractivity contribution >= 4 is 17.9 Å². The van der Waals surface area contributed by atoms with Crippen LogP contribution in [-0.2, 0) is 28.6 Å². The van der Waals surface area contributed by atoms with Gasteiger partial charge in [0.05, 0.1) is 0 Å². The van der Waals surface area contributed by atoms with Crippen molar-refractivity contribution in [1.29, 1.82) is 0 Å². The molecule has 0 rings (SSSR count). The first-order chi connectivity index (χ1) is 34.0. The van der Waals surface area contributed by atoms with Gasteiger partial charge in [0.1, 0.15) is 13.2 Å². The minimum absolute atomic E-state index is 0.0874. The average Bonchev–Trinajstić information content (AvgIpc) is 3.35. The van der Waals surface area contributed by atoms with Crippen LogP contribution >= 0.6 is 0 Å². The van der Waals surface area contributed by atoms with Crippen LogP contribution < -0.4 is 0 Å². The zero-order chi connectivity index (χ0) is 50.0. The van der Waals surface area contributed by atoms with Gasteiger partial charge in [-0.3, -0.25) is 14.4 Å². The van der Waals surface area contributed by atoms with Crippen LogP contribution in [0.3, 0.4) is 0 Å². The maximum atomic E-state index is 12.9. The molecule has 0 unspecified atom stereocenters. The van der Waals surface area contributed by atoms with Crippen LogP contribution in [0.25, 0.3) is 0 Å². The molecule has 0 bridgehead atoms. The summed E-state index contributed by atoms with van der Waals surface area (Å²) in [4.78, 5) is 38.2. The Labute approximate surface area is 428 Å². The van der Waals surface area contributed by atoms with E-state index in [9.17, 15) is 14.4 Å². The zero-order valence-electron chi connectivity index (χ0n) is 45.8. The van der Waals surface area contributed by atoms with Crippen LogP contribution in [-0.4, -0.2) is 37.2 Å². The zero-order valence-corrected chi connectivity index (χ0v) is 45.8. The van der Waals surface area contributed by atoms with Gasteiger partial charge in [-0.15, -0.1) is 0 Å². The third-order valence-corrected chi connectivity index (χ3v) is 13.0. The number of unbranched alkanes of at least 4 members (excludes halogenated alkanes) is 33. The SMILES string of the molecule is CC/C=C/C/C=C/C/C=C/C/C=C/C/C=C/CCCC(=O)OC[C@@H](COC(=O)CCCCCCCCCCCCCCCCCCC)OC(=O)CCCCCCCCCCCCCCCCCCC. The Morgan fingerprint density at radius 3 is 0.884 bits per heavy atom. The lowest BCUT2D eigenvalue weighted by atomic mass is 10.0. The molecule has 0 amide bonds. The number of rotatable bonds is 54. The van der Waals surface area contributed by atoms with Crippen molar-refractivity contribution in [3.63, 3.8) is 0 Å². The van der Waals surface area contributed by atoms with Crippen molar-refractivity contribution < 1.29 is 28.6 Å². The maximum absolute atomic E-state index is 12.9. The van der Waals surface area contributed by atoms with Gasteiger partial charge in [-0.05, 0) is 57.8 Å². The third-order valence-electron chi connectivity index (χ3n) is 13.0. The fourth-order valence-electron chi connectivity index (χ4n) is 8.60. The van der Waals surface area contributed by atoms with Gasteiger partial charge in [0.25, 0.3) is 0 Å². The van der Waals surface area contributed by atoms with E-state index in [2.05, 4.69) is 81.5 Å². The summed E-state index contributed by atoms with van der Waals surface area (Å²) < 4.78 is 16.9. The average molecular weight is 966 g/mol. The molecule has 0 saturated carbocycles. The van der Waals surface area contributed by atoms with Crippen molar-refractivity contribution in [2.24, 2.45) is 0 Å². The van der Waals surface area contributed by atoms with E-state index in [-0.39, 0.29) is 37.5 Å². The normalized spacial score (nSPS) is 12.4. The lowest BCUT2D eigenvalue weighted by Crippen LogP contribution is -2.30. The molecule has 400 valence electrons. The van der Waals surface area contributed by atoms with E-state index >= 15 is 0 Å². The van der Waals surface area contributed by atoms with Crippen LogP contribution in [0.2, 0.25) is 0 Å². The van der Waals surface area contributed by atoms with E-state index in [4.69, 9.17) is 14.2 Å². The Morgan fingerprint density at radius 1 is 0.304 bits per heavy atom. The number of ether oxygens (including phenoxy) is 3. The fourth-order valence-corrected chi connectivity index (χ4v) is 8.60. The second kappa shape index (κ2) is 57.7. The molecule has 0 spiro atoms. The van der Waals surface area contributed by atoms with Gasteiger partial charge in [-0.25, -0.2) is 0 Å². The predicted molar refractivity (Wildman–Crippen MR) is 298 cm³/mol. The smallest absolute Gasteiger partial charge is 0.306 e. The molecule has 0 radical (unpaired) electrons. The number of allylic oxidation sites excluding steroid dienone is 10. The highest BCUT2D eigenvalue weighted by atomic mass is 16.6. The van der Waals surface area contributed by atoms with E-state index in [1.807, 2.05) is 0 Å². The molecule has 0 aromatic rings. The Bertz CT molecular complexity index is 1250. The van der Waals surface area contributed by atoms with Crippen LogP contribution in [0.1, 0.15) is 303 Å². The summed E-state index contributed by atoms with van der Waals surface area (Å²) in [7, 11) is 0. The van der Waals surface area contributed by atoms with E-state index in [0.717, 1.165) is 77.0 Å². The molecule has 1 atom stereocenters. The third kappa shape index (κ3) is 55.9. The summed E-state index contributed by atoms with van der Waals surface area (Å²) in [6.07, 6.45) is 72.2. The monoisotopic (exact) mass is 965 g/mol. The summed E-state index contributed by atoms with van der Waals surface area (Å²) in [5, 5.41) is 0. The molecule has 0 N–H and O–H groups in total. The molecule has 0 aliphatic rings. The Balaban J connectivity index is 4.42. The van der Waals surface area contributed by atoms with Gasteiger partial charge in [-0.2, -0.15) is 0 Å². The minimum atomic E-state index is -0.794. The molecule has 0 aromatic carbocycles. The quantitative estimate of drug-likeness (QED) is 0.0262. The van der Waals surface area contributed by atoms with E-state index < -0.39 is 6.10 Å². The van der Waals surface area contributed by atoms with E-state index in [1.165, 1.54) is 180 Å². The van der Waals surface area contributed by atoms with Gasteiger partial charge in [0.2, 0.25) is 0 Å². The first kappa shape index (κ1) is 66.1. The molecule has 0 aliphatic heterocycles. The lowest BCUT2D eigenvalue weighted by Gasteiger charge is -2.18. The number of hydrogen-bond acceptors (Lipinski definition) is 6. The molecular formula is C63H112O6. The molecule has 69 heavy (non-hydrogen) atoms. The van der Waals surface area contributed by atoms with Crippen molar-refractivity contribution in [2.45, 2.75) is 309 Å². The lowest BCUT2D eigenvalue weighted by molar-refractivity contribution is -0.167. The molecule has 0 aromatic heterocycles. The van der Waals surface area contributed by atoms with Crippen LogP contribution in [0.15, 0.2) is 60.8 Å². The van der Waals surface area contributed by atoms with Gasteiger partial charge >= 0.3 is 17.9 Å². The second-order valence-corrected chi connectivity index (χ2v) is 19.9. The molecule has 6 heteroatoms. The Kier molecular flexibility index (Phi) is 55.3. The summed E-state index contributed by atoms with van der Waals surface area (Å²) >= 11 is 0. The van der Waals surface area contributed by atoms with Crippen molar-refractivity contribution in [1.82, 2.24) is 0 Å². The van der Waals surface area contributed by atoms with Gasteiger partial charge < -0.3 is 14.2 Å². The minimum Gasteiger partial charge on any atom is -0.462 e. The van der Waals surface area contributed by atoms with Crippen molar-refractivity contribution in [2.75, 3.05) is 13.2 Å². The number of esters is 3. The predicted octanol–water partition coefficient (Wildman–Crippen LogP) is 20.0. The highest BCUT2D eigenvalue weighted by Crippen LogP contribution is 2.17. The van der Waals surface area contributed by atoms with Crippen molar-refractivity contribution in [3.8, 4) is 0 Å². The van der Waals surface area contributed by atoms with E-state index in [0.29, 0.717) is 19.3 Å². The number of carbonyl (C=O) groups is 3. The Hall–Kier alpha value is -2.89. The first-order valence-electron chi connectivity index (χ1n) is 29.8.